The number of benzene rings is 1. The lowest BCUT2D eigenvalue weighted by molar-refractivity contribution is -0.385. The number of nitrogens with one attached hydrogen (secondary N) is 1. The highest BCUT2D eigenvalue weighted by molar-refractivity contribution is 6.30. The van der Waals surface area contributed by atoms with Gasteiger partial charge in [0.05, 0.1) is 10.5 Å². The summed E-state index contributed by atoms with van der Waals surface area (Å²) >= 11 is 5.91. The van der Waals surface area contributed by atoms with Crippen molar-refractivity contribution in [1.29, 1.82) is 0 Å². The second kappa shape index (κ2) is 7.26. The van der Waals surface area contributed by atoms with Gasteiger partial charge in [0.15, 0.2) is 0 Å². The predicted molar refractivity (Wildman–Crippen MR) is 79.5 cm³/mol. The van der Waals surface area contributed by atoms with E-state index in [1.54, 1.807) is 6.07 Å². The summed E-state index contributed by atoms with van der Waals surface area (Å²) in [5.41, 5.74) is 1.75. The minimum atomic E-state index is -0.384. The van der Waals surface area contributed by atoms with Crippen LogP contribution in [-0.4, -0.2) is 17.5 Å². The van der Waals surface area contributed by atoms with E-state index in [4.69, 9.17) is 11.6 Å². The molecule has 0 amide bonds. The number of hydrogen-bond donors (Lipinski definition) is 1. The number of nitrogens with zero attached hydrogens (tertiary/aromatic N) is 1. The molecule has 5 heteroatoms. The lowest BCUT2D eigenvalue weighted by Gasteiger charge is -2.10. The summed E-state index contributed by atoms with van der Waals surface area (Å²) in [5, 5.41) is 14.8. The number of halogens is 1. The Balaban J connectivity index is 3.05. The van der Waals surface area contributed by atoms with Crippen LogP contribution in [-0.2, 0) is 0 Å². The molecule has 19 heavy (non-hydrogen) atoms. The molecule has 1 aromatic carbocycles. The molecular weight excluding hydrogens is 264 g/mol. The van der Waals surface area contributed by atoms with E-state index >= 15 is 0 Å². The van der Waals surface area contributed by atoms with Crippen LogP contribution in [0.4, 0.5) is 5.69 Å². The van der Waals surface area contributed by atoms with E-state index in [1.807, 2.05) is 13.0 Å². The molecule has 0 aromatic heterocycles. The van der Waals surface area contributed by atoms with Crippen LogP contribution < -0.4 is 5.32 Å². The van der Waals surface area contributed by atoms with Crippen molar-refractivity contribution in [3.8, 4) is 0 Å². The summed E-state index contributed by atoms with van der Waals surface area (Å²) in [6.07, 6.45) is 2.68. The van der Waals surface area contributed by atoms with Crippen molar-refractivity contribution < 1.29 is 4.92 Å². The molecule has 1 rings (SSSR count). The molecule has 0 aliphatic heterocycles. The minimum Gasteiger partial charge on any atom is -0.311 e. The third-order valence-electron chi connectivity index (χ3n) is 2.74. The quantitative estimate of drug-likeness (QED) is 0.633. The van der Waals surface area contributed by atoms with Gasteiger partial charge in [0.2, 0.25) is 0 Å². The molecule has 0 aliphatic rings. The van der Waals surface area contributed by atoms with Crippen molar-refractivity contribution in [2.75, 3.05) is 6.54 Å². The molecule has 0 unspecified atom stereocenters. The van der Waals surface area contributed by atoms with Crippen molar-refractivity contribution in [3.05, 3.63) is 44.5 Å². The first kappa shape index (κ1) is 15.7. The molecule has 0 bridgehead atoms. The van der Waals surface area contributed by atoms with Crippen LogP contribution in [0.2, 0.25) is 5.02 Å². The number of nitro groups is 1. The monoisotopic (exact) mass is 282 g/mol. The Bertz CT molecular complexity index is 484. The molecular formula is C14H19ClN2O2. The van der Waals surface area contributed by atoms with E-state index in [-0.39, 0.29) is 10.6 Å². The number of rotatable bonds is 6. The van der Waals surface area contributed by atoms with E-state index in [2.05, 4.69) is 19.2 Å². The predicted octanol–water partition coefficient (Wildman–Crippen LogP) is 4.04. The van der Waals surface area contributed by atoms with Gasteiger partial charge in [-0.3, -0.25) is 10.1 Å². The first-order chi connectivity index (χ1) is 8.93. The molecule has 0 saturated carbocycles. The normalized spacial score (nSPS) is 11.9. The summed E-state index contributed by atoms with van der Waals surface area (Å²) < 4.78 is 0. The van der Waals surface area contributed by atoms with E-state index < -0.39 is 0 Å². The molecule has 0 atom stereocenters. The molecule has 1 aromatic rings. The largest absolute Gasteiger partial charge is 0.311 e. The highest BCUT2D eigenvalue weighted by Gasteiger charge is 2.12. The summed E-state index contributed by atoms with van der Waals surface area (Å²) in [5.74, 6) is 0. The Kier molecular flexibility index (Phi) is 5.99. The maximum absolute atomic E-state index is 11.0. The van der Waals surface area contributed by atoms with Crippen LogP contribution in [0.25, 0.3) is 6.08 Å². The molecule has 1 N–H and O–H groups in total. The topological polar surface area (TPSA) is 55.2 Å². The van der Waals surface area contributed by atoms with Gasteiger partial charge in [-0.2, -0.15) is 0 Å². The SMILES string of the molecule is CC/C(=C/c1cc(Cl)ccc1[N+](=O)[O-])CNC(C)C. The second-order valence-corrected chi connectivity index (χ2v) is 5.09. The van der Waals surface area contributed by atoms with Crippen LogP contribution in [0.1, 0.15) is 32.8 Å². The molecule has 0 spiro atoms. The van der Waals surface area contributed by atoms with Crippen LogP contribution in [0.15, 0.2) is 23.8 Å². The highest BCUT2D eigenvalue weighted by Crippen LogP contribution is 2.25. The zero-order valence-electron chi connectivity index (χ0n) is 11.4. The number of hydrogen-bond acceptors (Lipinski definition) is 3. The fraction of sp³-hybridized carbons (Fsp3) is 0.429. The van der Waals surface area contributed by atoms with Gasteiger partial charge < -0.3 is 5.32 Å². The van der Waals surface area contributed by atoms with Crippen LogP contribution in [0.5, 0.6) is 0 Å². The fourth-order valence-electron chi connectivity index (χ4n) is 1.64. The molecule has 0 saturated heterocycles. The van der Waals surface area contributed by atoms with Gasteiger partial charge in [-0.25, -0.2) is 0 Å². The Labute approximate surface area is 118 Å². The van der Waals surface area contributed by atoms with E-state index in [9.17, 15) is 10.1 Å². The van der Waals surface area contributed by atoms with Gasteiger partial charge in [0, 0.05) is 23.7 Å². The first-order valence-electron chi connectivity index (χ1n) is 6.30. The van der Waals surface area contributed by atoms with Crippen molar-refractivity contribution in [2.24, 2.45) is 0 Å². The van der Waals surface area contributed by atoms with Gasteiger partial charge in [-0.1, -0.05) is 37.9 Å². The summed E-state index contributed by atoms with van der Waals surface area (Å²) in [6.45, 7) is 6.88. The Hall–Kier alpha value is -1.39. The highest BCUT2D eigenvalue weighted by atomic mass is 35.5. The van der Waals surface area contributed by atoms with Gasteiger partial charge in [-0.15, -0.1) is 0 Å². The van der Waals surface area contributed by atoms with Crippen LogP contribution in [0, 0.1) is 10.1 Å². The lowest BCUT2D eigenvalue weighted by atomic mass is 10.1. The van der Waals surface area contributed by atoms with Crippen molar-refractivity contribution in [1.82, 2.24) is 5.32 Å². The molecule has 0 fully saturated rings. The summed E-state index contributed by atoms with van der Waals surface area (Å²) in [6, 6.07) is 4.99. The molecule has 4 nitrogen and oxygen atoms in total. The molecule has 104 valence electrons. The van der Waals surface area contributed by atoms with Crippen molar-refractivity contribution >= 4 is 23.4 Å². The fourth-order valence-corrected chi connectivity index (χ4v) is 1.82. The average molecular weight is 283 g/mol. The van der Waals surface area contributed by atoms with E-state index in [0.717, 1.165) is 18.5 Å². The van der Waals surface area contributed by atoms with Gasteiger partial charge in [0.1, 0.15) is 0 Å². The van der Waals surface area contributed by atoms with Gasteiger partial charge in [-0.05, 0) is 24.6 Å². The van der Waals surface area contributed by atoms with E-state index in [1.165, 1.54) is 12.1 Å². The van der Waals surface area contributed by atoms with Crippen LogP contribution >= 0.6 is 11.6 Å². The zero-order valence-corrected chi connectivity index (χ0v) is 12.2. The Morgan fingerprint density at radius 3 is 2.74 bits per heavy atom. The summed E-state index contributed by atoms with van der Waals surface area (Å²) in [4.78, 5) is 10.6. The van der Waals surface area contributed by atoms with E-state index in [0.29, 0.717) is 16.6 Å². The zero-order chi connectivity index (χ0) is 14.4. The van der Waals surface area contributed by atoms with Crippen LogP contribution in [0.3, 0.4) is 0 Å². The molecule has 0 heterocycles. The lowest BCUT2D eigenvalue weighted by Crippen LogP contribution is -2.24. The molecule has 0 radical (unpaired) electrons. The minimum absolute atomic E-state index is 0.0832. The maximum Gasteiger partial charge on any atom is 0.276 e. The third-order valence-corrected chi connectivity index (χ3v) is 2.97. The average Bonchev–Trinajstić information content (AvgIpc) is 2.33. The summed E-state index contributed by atoms with van der Waals surface area (Å²) in [7, 11) is 0. The third kappa shape index (κ3) is 5.01. The smallest absolute Gasteiger partial charge is 0.276 e. The van der Waals surface area contributed by atoms with Crippen molar-refractivity contribution in [2.45, 2.75) is 33.2 Å². The van der Waals surface area contributed by atoms with Crippen molar-refractivity contribution in [3.63, 3.8) is 0 Å². The van der Waals surface area contributed by atoms with Gasteiger partial charge in [0.25, 0.3) is 5.69 Å². The Morgan fingerprint density at radius 1 is 1.53 bits per heavy atom. The number of nitro benzene ring substituents is 1. The second-order valence-electron chi connectivity index (χ2n) is 4.65. The van der Waals surface area contributed by atoms with Gasteiger partial charge >= 0.3 is 0 Å². The molecule has 0 aliphatic carbocycles. The first-order valence-corrected chi connectivity index (χ1v) is 6.68. The standard InChI is InChI=1S/C14H19ClN2O2/c1-4-11(9-16-10(2)3)7-12-8-13(15)5-6-14(12)17(18)19/h5-8,10,16H,4,9H2,1-3H3/b11-7-. The maximum atomic E-state index is 11.0. The Morgan fingerprint density at radius 2 is 2.21 bits per heavy atom.